The van der Waals surface area contributed by atoms with Crippen LogP contribution in [0.2, 0.25) is 0 Å². The molecule has 0 bridgehead atoms. The molecule has 106 valence electrons. The minimum Gasteiger partial charge on any atom is -0.304 e. The lowest BCUT2D eigenvalue weighted by Crippen LogP contribution is -2.25. The van der Waals surface area contributed by atoms with E-state index >= 15 is 0 Å². The Balaban J connectivity index is 2.01. The molecule has 2 aromatic heterocycles. The number of benzene rings is 1. The molecule has 0 aliphatic rings. The number of hydrogen-bond acceptors (Lipinski definition) is 5. The summed E-state index contributed by atoms with van der Waals surface area (Å²) in [6.07, 6.45) is 7.99. The van der Waals surface area contributed by atoms with Gasteiger partial charge in [-0.15, -0.1) is 0 Å². The van der Waals surface area contributed by atoms with Crippen molar-refractivity contribution in [3.05, 3.63) is 60.4 Å². The summed E-state index contributed by atoms with van der Waals surface area (Å²) in [5.74, 6) is 0. The predicted molar refractivity (Wildman–Crippen MR) is 81.7 cm³/mol. The molecule has 1 unspecified atom stereocenters. The molecule has 0 spiro atoms. The first-order chi connectivity index (χ1) is 10.4. The van der Waals surface area contributed by atoms with E-state index in [0.29, 0.717) is 0 Å². The number of aromatic nitrogens is 4. The average molecular weight is 279 g/mol. The van der Waals surface area contributed by atoms with E-state index in [1.807, 2.05) is 30.5 Å². The molecule has 1 N–H and O–H groups in total. The number of para-hydroxylation sites is 2. The first-order valence-electron chi connectivity index (χ1n) is 7.09. The number of nitrogens with one attached hydrogen (secondary N) is 1. The van der Waals surface area contributed by atoms with Gasteiger partial charge in [-0.25, -0.2) is 4.98 Å². The van der Waals surface area contributed by atoms with Crippen LogP contribution in [0.15, 0.2) is 49.1 Å². The molecule has 3 rings (SSSR count). The molecule has 5 heteroatoms. The van der Waals surface area contributed by atoms with Crippen molar-refractivity contribution in [3.8, 4) is 0 Å². The summed E-state index contributed by atoms with van der Waals surface area (Å²) in [6.45, 7) is 3.02. The molecule has 0 aliphatic heterocycles. The number of fused-ring (bicyclic) bond motifs is 1. The second kappa shape index (κ2) is 6.37. The van der Waals surface area contributed by atoms with Crippen LogP contribution in [0.3, 0.4) is 0 Å². The third-order valence-corrected chi connectivity index (χ3v) is 3.24. The Hall–Kier alpha value is -2.40. The first-order valence-corrected chi connectivity index (χ1v) is 7.09. The van der Waals surface area contributed by atoms with E-state index < -0.39 is 0 Å². The Bertz CT molecular complexity index is 714. The number of rotatable bonds is 5. The van der Waals surface area contributed by atoms with E-state index in [-0.39, 0.29) is 6.04 Å². The van der Waals surface area contributed by atoms with Crippen LogP contribution in [0.4, 0.5) is 0 Å². The minimum absolute atomic E-state index is 0.0873. The van der Waals surface area contributed by atoms with Crippen molar-refractivity contribution in [1.82, 2.24) is 25.3 Å². The largest absolute Gasteiger partial charge is 0.304 e. The van der Waals surface area contributed by atoms with Gasteiger partial charge in [0.1, 0.15) is 0 Å². The number of nitrogens with zero attached hydrogens (tertiary/aromatic N) is 4. The monoisotopic (exact) mass is 279 g/mol. The molecule has 0 radical (unpaired) electrons. The summed E-state index contributed by atoms with van der Waals surface area (Å²) in [4.78, 5) is 17.7. The molecular weight excluding hydrogens is 262 g/mol. The Morgan fingerprint density at radius 2 is 1.86 bits per heavy atom. The van der Waals surface area contributed by atoms with Crippen LogP contribution in [0.1, 0.15) is 30.8 Å². The lowest BCUT2D eigenvalue weighted by atomic mass is 10.1. The maximum Gasteiger partial charge on any atom is 0.0956 e. The van der Waals surface area contributed by atoms with Gasteiger partial charge < -0.3 is 5.32 Å². The molecule has 0 saturated carbocycles. The van der Waals surface area contributed by atoms with Crippen LogP contribution in [-0.2, 0) is 0 Å². The van der Waals surface area contributed by atoms with E-state index in [0.717, 1.165) is 35.4 Å². The third kappa shape index (κ3) is 3.03. The Kier molecular flexibility index (Phi) is 4.12. The topological polar surface area (TPSA) is 63.6 Å². The van der Waals surface area contributed by atoms with Gasteiger partial charge >= 0.3 is 0 Å². The van der Waals surface area contributed by atoms with Gasteiger partial charge in [-0.05, 0) is 25.1 Å². The molecule has 3 aromatic rings. The van der Waals surface area contributed by atoms with Crippen molar-refractivity contribution < 1.29 is 0 Å². The minimum atomic E-state index is -0.0873. The van der Waals surface area contributed by atoms with Crippen molar-refractivity contribution in [2.24, 2.45) is 0 Å². The highest BCUT2D eigenvalue weighted by atomic mass is 15.0. The van der Waals surface area contributed by atoms with Gasteiger partial charge in [-0.2, -0.15) is 0 Å². The van der Waals surface area contributed by atoms with Gasteiger partial charge in [0.05, 0.1) is 40.9 Å². The van der Waals surface area contributed by atoms with Gasteiger partial charge in [-0.3, -0.25) is 15.0 Å². The van der Waals surface area contributed by atoms with Crippen LogP contribution < -0.4 is 5.32 Å². The summed E-state index contributed by atoms with van der Waals surface area (Å²) in [7, 11) is 0. The molecule has 2 heterocycles. The van der Waals surface area contributed by atoms with Gasteiger partial charge in [0.25, 0.3) is 0 Å². The lowest BCUT2D eigenvalue weighted by molar-refractivity contribution is 0.572. The van der Waals surface area contributed by atoms with Crippen LogP contribution >= 0.6 is 0 Å². The van der Waals surface area contributed by atoms with Gasteiger partial charge in [0.15, 0.2) is 0 Å². The van der Waals surface area contributed by atoms with E-state index in [1.54, 1.807) is 18.6 Å². The van der Waals surface area contributed by atoms with Crippen LogP contribution in [0, 0.1) is 0 Å². The standard InChI is InChI=1S/C16H17N5/c1-2-7-19-16(14-10-17-8-9-18-14)15-11-20-12-5-3-4-6-13(12)21-15/h3-6,8-11,16,19H,2,7H2,1H3. The van der Waals surface area contributed by atoms with Crippen molar-refractivity contribution in [1.29, 1.82) is 0 Å². The summed E-state index contributed by atoms with van der Waals surface area (Å²) in [5.41, 5.74) is 3.51. The van der Waals surface area contributed by atoms with E-state index in [2.05, 4.69) is 27.2 Å². The molecule has 0 aliphatic carbocycles. The van der Waals surface area contributed by atoms with Crippen molar-refractivity contribution >= 4 is 11.0 Å². The van der Waals surface area contributed by atoms with E-state index in [4.69, 9.17) is 4.98 Å². The van der Waals surface area contributed by atoms with Gasteiger partial charge in [0, 0.05) is 12.4 Å². The second-order valence-electron chi connectivity index (χ2n) is 4.80. The summed E-state index contributed by atoms with van der Waals surface area (Å²) in [5, 5.41) is 3.46. The maximum absolute atomic E-state index is 4.71. The fraction of sp³-hybridized carbons (Fsp3) is 0.250. The highest BCUT2D eigenvalue weighted by Gasteiger charge is 2.17. The first kappa shape index (κ1) is 13.6. The summed E-state index contributed by atoms with van der Waals surface area (Å²) >= 11 is 0. The molecule has 1 atom stereocenters. The van der Waals surface area contributed by atoms with Gasteiger partial charge in [0.2, 0.25) is 0 Å². The zero-order chi connectivity index (χ0) is 14.5. The maximum atomic E-state index is 4.71. The molecule has 0 fully saturated rings. The van der Waals surface area contributed by atoms with Crippen molar-refractivity contribution in [2.45, 2.75) is 19.4 Å². The zero-order valence-electron chi connectivity index (χ0n) is 11.9. The van der Waals surface area contributed by atoms with Crippen molar-refractivity contribution in [2.75, 3.05) is 6.54 Å². The third-order valence-electron chi connectivity index (χ3n) is 3.24. The Morgan fingerprint density at radius 1 is 1.00 bits per heavy atom. The lowest BCUT2D eigenvalue weighted by Gasteiger charge is -2.17. The highest BCUT2D eigenvalue weighted by molar-refractivity contribution is 5.73. The molecular formula is C16H17N5. The van der Waals surface area contributed by atoms with E-state index in [9.17, 15) is 0 Å². The summed E-state index contributed by atoms with van der Waals surface area (Å²) in [6, 6.07) is 7.78. The number of hydrogen-bond donors (Lipinski definition) is 1. The zero-order valence-corrected chi connectivity index (χ0v) is 11.9. The highest BCUT2D eigenvalue weighted by Crippen LogP contribution is 2.19. The fourth-order valence-electron chi connectivity index (χ4n) is 2.22. The second-order valence-corrected chi connectivity index (χ2v) is 4.80. The molecule has 1 aromatic carbocycles. The smallest absolute Gasteiger partial charge is 0.0956 e. The van der Waals surface area contributed by atoms with Crippen molar-refractivity contribution in [3.63, 3.8) is 0 Å². The normalized spacial score (nSPS) is 12.4. The molecule has 21 heavy (non-hydrogen) atoms. The average Bonchev–Trinajstić information content (AvgIpc) is 2.56. The van der Waals surface area contributed by atoms with Crippen LogP contribution in [0.25, 0.3) is 11.0 Å². The fourth-order valence-corrected chi connectivity index (χ4v) is 2.22. The summed E-state index contributed by atoms with van der Waals surface area (Å²) < 4.78 is 0. The SMILES string of the molecule is CCCNC(c1cnccn1)c1cnc2ccccc2n1. The quantitative estimate of drug-likeness (QED) is 0.777. The Labute approximate surface area is 123 Å². The Morgan fingerprint density at radius 3 is 2.62 bits per heavy atom. The molecule has 0 saturated heterocycles. The van der Waals surface area contributed by atoms with E-state index in [1.165, 1.54) is 0 Å². The van der Waals surface area contributed by atoms with Gasteiger partial charge in [-0.1, -0.05) is 19.1 Å². The molecule has 5 nitrogen and oxygen atoms in total. The predicted octanol–water partition coefficient (Wildman–Crippen LogP) is 2.51. The molecule has 0 amide bonds. The van der Waals surface area contributed by atoms with Crippen LogP contribution in [0.5, 0.6) is 0 Å². The van der Waals surface area contributed by atoms with Crippen LogP contribution in [-0.4, -0.2) is 26.5 Å².